The van der Waals surface area contributed by atoms with Gasteiger partial charge in [-0.25, -0.2) is 0 Å². The van der Waals surface area contributed by atoms with Crippen molar-refractivity contribution in [2.24, 2.45) is 0 Å². The molecular formula is C29H48O6Si. The number of hydrogen-bond acceptors (Lipinski definition) is 6. The van der Waals surface area contributed by atoms with Crippen LogP contribution in [0, 0.1) is 0 Å². The molecule has 0 saturated carbocycles. The minimum absolute atomic E-state index is 0.0611. The summed E-state index contributed by atoms with van der Waals surface area (Å²) in [5, 5.41) is 9.77. The van der Waals surface area contributed by atoms with Crippen LogP contribution in [0.5, 0.6) is 0 Å². The number of benzene rings is 1. The van der Waals surface area contributed by atoms with Crippen LogP contribution in [0.25, 0.3) is 0 Å². The van der Waals surface area contributed by atoms with Gasteiger partial charge < -0.3 is 28.5 Å². The molecule has 3 saturated heterocycles. The van der Waals surface area contributed by atoms with E-state index in [0.29, 0.717) is 36.1 Å². The molecule has 0 bridgehead atoms. The molecule has 6 nitrogen and oxygen atoms in total. The lowest BCUT2D eigenvalue weighted by atomic mass is 9.76. The van der Waals surface area contributed by atoms with Crippen molar-refractivity contribution in [2.45, 2.75) is 133 Å². The van der Waals surface area contributed by atoms with Crippen LogP contribution in [0.2, 0.25) is 16.6 Å². The lowest BCUT2D eigenvalue weighted by Crippen LogP contribution is -2.72. The Labute approximate surface area is 219 Å². The molecule has 36 heavy (non-hydrogen) atoms. The summed E-state index contributed by atoms with van der Waals surface area (Å²) in [6.07, 6.45) is 1.10. The van der Waals surface area contributed by atoms with Gasteiger partial charge in [-0.3, -0.25) is 0 Å². The smallest absolute Gasteiger partial charge is 0.200 e. The normalized spacial score (nSPS) is 37.3. The molecule has 3 aliphatic rings. The van der Waals surface area contributed by atoms with Crippen molar-refractivity contribution in [3.63, 3.8) is 0 Å². The molecule has 0 spiro atoms. The summed E-state index contributed by atoms with van der Waals surface area (Å²) >= 11 is 0. The van der Waals surface area contributed by atoms with Crippen LogP contribution in [0.15, 0.2) is 30.3 Å². The van der Waals surface area contributed by atoms with Gasteiger partial charge in [-0.05, 0) is 36.9 Å². The molecule has 3 aliphatic heterocycles. The van der Waals surface area contributed by atoms with Gasteiger partial charge in [-0.2, -0.15) is 0 Å². The Balaban J connectivity index is 1.64. The number of ether oxygens (including phenoxy) is 4. The average molecular weight is 521 g/mol. The first-order valence-electron chi connectivity index (χ1n) is 13.9. The molecule has 0 radical (unpaired) electrons. The molecule has 204 valence electrons. The van der Waals surface area contributed by atoms with E-state index in [1.54, 1.807) is 0 Å². The first-order valence-corrected chi connectivity index (χ1v) is 16.1. The number of rotatable bonds is 8. The van der Waals surface area contributed by atoms with E-state index in [0.717, 1.165) is 12.0 Å². The fourth-order valence-corrected chi connectivity index (χ4v) is 12.9. The Hall–Kier alpha value is -0.803. The lowest BCUT2D eigenvalue weighted by Gasteiger charge is -2.61. The Kier molecular flexibility index (Phi) is 8.43. The molecule has 3 heterocycles. The average Bonchev–Trinajstić information content (AvgIpc) is 2.81. The molecule has 7 heteroatoms. The van der Waals surface area contributed by atoms with Gasteiger partial charge in [0.05, 0.1) is 31.0 Å². The zero-order valence-electron chi connectivity index (χ0n) is 23.5. The number of hydrogen-bond donors (Lipinski definition) is 1. The zero-order valence-corrected chi connectivity index (χ0v) is 24.5. The minimum Gasteiger partial charge on any atom is -0.410 e. The summed E-state index contributed by atoms with van der Waals surface area (Å²) in [6.45, 7) is 18.8. The second-order valence-electron chi connectivity index (χ2n) is 12.4. The second kappa shape index (κ2) is 10.8. The van der Waals surface area contributed by atoms with Crippen molar-refractivity contribution < 1.29 is 28.5 Å². The quantitative estimate of drug-likeness (QED) is 0.416. The van der Waals surface area contributed by atoms with Crippen LogP contribution in [0.3, 0.4) is 0 Å². The number of fused-ring (bicyclic) bond motifs is 2. The monoisotopic (exact) mass is 520 g/mol. The molecule has 0 amide bonds. The van der Waals surface area contributed by atoms with E-state index in [4.69, 9.17) is 23.4 Å². The van der Waals surface area contributed by atoms with E-state index in [1.807, 2.05) is 30.3 Å². The maximum atomic E-state index is 9.77. The predicted molar refractivity (Wildman–Crippen MR) is 143 cm³/mol. The molecule has 1 aromatic rings. The van der Waals surface area contributed by atoms with E-state index >= 15 is 0 Å². The zero-order chi connectivity index (χ0) is 26.3. The third-order valence-electron chi connectivity index (χ3n) is 9.06. The highest BCUT2D eigenvalue weighted by atomic mass is 28.4. The van der Waals surface area contributed by atoms with E-state index in [1.165, 1.54) is 0 Å². The Bertz CT molecular complexity index is 841. The van der Waals surface area contributed by atoms with Crippen LogP contribution in [0.1, 0.15) is 86.5 Å². The van der Waals surface area contributed by atoms with Gasteiger partial charge in [-0.15, -0.1) is 0 Å². The fourth-order valence-electron chi connectivity index (χ4n) is 7.22. The highest BCUT2D eigenvalue weighted by molar-refractivity contribution is 6.77. The third-order valence-corrected chi connectivity index (χ3v) is 15.2. The largest absolute Gasteiger partial charge is 0.410 e. The van der Waals surface area contributed by atoms with Crippen LogP contribution in [0.4, 0.5) is 0 Å². The second-order valence-corrected chi connectivity index (χ2v) is 17.8. The van der Waals surface area contributed by atoms with Gasteiger partial charge in [0.15, 0.2) is 6.29 Å². The van der Waals surface area contributed by atoms with Gasteiger partial charge in [-0.1, -0.05) is 71.9 Å². The van der Waals surface area contributed by atoms with Gasteiger partial charge in [0.1, 0.15) is 11.2 Å². The van der Waals surface area contributed by atoms with Crippen molar-refractivity contribution in [1.82, 2.24) is 0 Å². The summed E-state index contributed by atoms with van der Waals surface area (Å²) in [6, 6.07) is 10.1. The Morgan fingerprint density at radius 3 is 2.17 bits per heavy atom. The summed E-state index contributed by atoms with van der Waals surface area (Å²) < 4.78 is 33.8. The standard InChI is InChI=1S/C29H48O6Si/c1-19(2)36(20(3)4,21(5)6)34-26-16-23(14-15-30)32-25-17-24-28(7,35-29(25,26)8)18-31-27(33-24)22-12-10-9-11-13-22/h9-13,19-21,23-27,30H,14-18H2,1-8H3/t23-,24-,25+,26-,27+,28+,29+/m0/s1. The van der Waals surface area contributed by atoms with Crippen LogP contribution in [-0.4, -0.2) is 62.3 Å². The molecule has 0 aromatic heterocycles. The highest BCUT2D eigenvalue weighted by Gasteiger charge is 2.62. The topological polar surface area (TPSA) is 66.4 Å². The van der Waals surface area contributed by atoms with Crippen molar-refractivity contribution in [3.8, 4) is 0 Å². The summed E-state index contributed by atoms with van der Waals surface area (Å²) in [7, 11) is -2.17. The first-order chi connectivity index (χ1) is 17.0. The summed E-state index contributed by atoms with van der Waals surface area (Å²) in [4.78, 5) is 0. The van der Waals surface area contributed by atoms with Gasteiger partial charge in [0, 0.05) is 25.0 Å². The van der Waals surface area contributed by atoms with Crippen molar-refractivity contribution in [3.05, 3.63) is 35.9 Å². The molecule has 0 unspecified atom stereocenters. The molecular weight excluding hydrogens is 472 g/mol. The van der Waals surface area contributed by atoms with E-state index in [2.05, 4.69) is 55.4 Å². The van der Waals surface area contributed by atoms with Crippen LogP contribution < -0.4 is 0 Å². The van der Waals surface area contributed by atoms with Gasteiger partial charge >= 0.3 is 0 Å². The molecule has 0 aliphatic carbocycles. The first kappa shape index (κ1) is 28.2. The Morgan fingerprint density at radius 1 is 0.944 bits per heavy atom. The van der Waals surface area contributed by atoms with Crippen LogP contribution in [-0.2, 0) is 23.4 Å². The summed E-state index contributed by atoms with van der Waals surface area (Å²) in [5.41, 5.74) is 1.21. The number of aliphatic hydroxyl groups is 1. The SMILES string of the molecule is CC(C)[Si](O[C@H]1C[C@H](CCO)O[C@@H]2C[C@@H]3O[C@H](c4ccccc4)OC[C@@]3(C)O[C@@]12C)(C(C)C)C(C)C. The maximum absolute atomic E-state index is 9.77. The minimum atomic E-state index is -2.17. The Morgan fingerprint density at radius 2 is 1.58 bits per heavy atom. The summed E-state index contributed by atoms with van der Waals surface area (Å²) in [5.74, 6) is 0. The molecule has 3 fully saturated rings. The maximum Gasteiger partial charge on any atom is 0.200 e. The predicted octanol–water partition coefficient (Wildman–Crippen LogP) is 6.14. The molecule has 7 atom stereocenters. The van der Waals surface area contributed by atoms with Crippen molar-refractivity contribution in [1.29, 1.82) is 0 Å². The fraction of sp³-hybridized carbons (Fsp3) is 0.793. The van der Waals surface area contributed by atoms with E-state index in [-0.39, 0.29) is 31.0 Å². The number of aliphatic hydroxyl groups excluding tert-OH is 1. The molecule has 1 N–H and O–H groups in total. The van der Waals surface area contributed by atoms with Gasteiger partial charge in [0.25, 0.3) is 0 Å². The third kappa shape index (κ3) is 4.97. The van der Waals surface area contributed by atoms with E-state index < -0.39 is 25.8 Å². The van der Waals surface area contributed by atoms with Crippen molar-refractivity contribution >= 4 is 8.32 Å². The van der Waals surface area contributed by atoms with Crippen LogP contribution >= 0.6 is 0 Å². The van der Waals surface area contributed by atoms with E-state index in [9.17, 15) is 5.11 Å². The lowest BCUT2D eigenvalue weighted by molar-refractivity contribution is -0.383. The molecule has 4 rings (SSSR count). The van der Waals surface area contributed by atoms with Crippen molar-refractivity contribution in [2.75, 3.05) is 13.2 Å². The highest BCUT2D eigenvalue weighted by Crippen LogP contribution is 2.52. The molecule has 1 aromatic carbocycles. The van der Waals surface area contributed by atoms with Gasteiger partial charge in [0.2, 0.25) is 8.32 Å².